The molecule has 0 spiro atoms. The zero-order chi connectivity index (χ0) is 13.6. The molecular formula is C11H13ClF3NO2. The normalized spacial score (nSPS) is 11.6. The summed E-state index contributed by atoms with van der Waals surface area (Å²) in [6, 6.07) is 4.92. The predicted molar refractivity (Wildman–Crippen MR) is 61.7 cm³/mol. The molecule has 1 aromatic rings. The van der Waals surface area contributed by atoms with Crippen LogP contribution in [0.5, 0.6) is 5.75 Å². The van der Waals surface area contributed by atoms with E-state index in [0.29, 0.717) is 17.3 Å². The van der Waals surface area contributed by atoms with E-state index < -0.39 is 12.8 Å². The lowest BCUT2D eigenvalue weighted by atomic mass is 10.2. The summed E-state index contributed by atoms with van der Waals surface area (Å²) in [5.41, 5.74) is 6.20. The fraction of sp³-hybridized carbons (Fsp3) is 0.455. The summed E-state index contributed by atoms with van der Waals surface area (Å²) >= 11 is 5.89. The summed E-state index contributed by atoms with van der Waals surface area (Å²) < 4.78 is 44.8. The van der Waals surface area contributed by atoms with Gasteiger partial charge in [-0.1, -0.05) is 17.7 Å². The number of nitrogens with two attached hydrogens (primary N) is 1. The molecule has 7 heteroatoms. The summed E-state index contributed by atoms with van der Waals surface area (Å²) in [5, 5.41) is 0.464. The van der Waals surface area contributed by atoms with Gasteiger partial charge in [-0.25, -0.2) is 0 Å². The van der Waals surface area contributed by atoms with E-state index in [9.17, 15) is 13.2 Å². The van der Waals surface area contributed by atoms with Gasteiger partial charge in [-0.2, -0.15) is 13.2 Å². The molecule has 18 heavy (non-hydrogen) atoms. The third-order valence-electron chi connectivity index (χ3n) is 2.01. The number of benzene rings is 1. The van der Waals surface area contributed by atoms with Gasteiger partial charge in [-0.05, 0) is 17.7 Å². The Morgan fingerprint density at radius 1 is 1.22 bits per heavy atom. The Labute approximate surface area is 108 Å². The van der Waals surface area contributed by atoms with E-state index in [1.165, 1.54) is 0 Å². The number of rotatable bonds is 6. The van der Waals surface area contributed by atoms with Crippen LogP contribution in [0.4, 0.5) is 13.2 Å². The van der Waals surface area contributed by atoms with Gasteiger partial charge in [0.15, 0.2) is 0 Å². The van der Waals surface area contributed by atoms with Crippen molar-refractivity contribution in [1.29, 1.82) is 0 Å². The number of halogens is 4. The van der Waals surface area contributed by atoms with Crippen molar-refractivity contribution in [1.82, 2.24) is 0 Å². The summed E-state index contributed by atoms with van der Waals surface area (Å²) in [5.74, 6) is 0.466. The first-order chi connectivity index (χ1) is 8.42. The maximum atomic E-state index is 11.7. The second-order valence-corrected chi connectivity index (χ2v) is 3.88. The Morgan fingerprint density at radius 2 is 1.94 bits per heavy atom. The van der Waals surface area contributed by atoms with Crippen molar-refractivity contribution in [2.75, 3.05) is 19.8 Å². The average molecular weight is 284 g/mol. The molecule has 0 fully saturated rings. The number of alkyl halides is 3. The van der Waals surface area contributed by atoms with E-state index in [1.807, 2.05) is 0 Å². The summed E-state index contributed by atoms with van der Waals surface area (Å²) in [4.78, 5) is 0. The SMILES string of the molecule is NCc1ccc(OCCOCC(F)(F)F)cc1Cl. The summed E-state index contributed by atoms with van der Waals surface area (Å²) in [6.45, 7) is -1.08. The molecule has 0 aliphatic heterocycles. The second-order valence-electron chi connectivity index (χ2n) is 3.47. The van der Waals surface area contributed by atoms with Crippen LogP contribution in [-0.4, -0.2) is 26.0 Å². The predicted octanol–water partition coefficient (Wildman–Crippen LogP) is 2.76. The Bertz CT molecular complexity index is 385. The first-order valence-corrected chi connectivity index (χ1v) is 5.56. The Kier molecular flexibility index (Phi) is 5.71. The Morgan fingerprint density at radius 3 is 2.50 bits per heavy atom. The maximum absolute atomic E-state index is 11.7. The topological polar surface area (TPSA) is 44.5 Å². The molecule has 0 aliphatic carbocycles. The molecule has 102 valence electrons. The van der Waals surface area contributed by atoms with Crippen molar-refractivity contribution in [3.8, 4) is 5.75 Å². The van der Waals surface area contributed by atoms with Crippen LogP contribution >= 0.6 is 11.6 Å². The van der Waals surface area contributed by atoms with Crippen LogP contribution in [0.15, 0.2) is 18.2 Å². The lowest BCUT2D eigenvalue weighted by Crippen LogP contribution is -2.19. The molecule has 2 N–H and O–H groups in total. The fourth-order valence-electron chi connectivity index (χ4n) is 1.19. The van der Waals surface area contributed by atoms with E-state index in [0.717, 1.165) is 5.56 Å². The van der Waals surface area contributed by atoms with E-state index in [2.05, 4.69) is 4.74 Å². The number of ether oxygens (including phenoxy) is 2. The van der Waals surface area contributed by atoms with Crippen molar-refractivity contribution in [2.45, 2.75) is 12.7 Å². The van der Waals surface area contributed by atoms with Crippen molar-refractivity contribution in [3.05, 3.63) is 28.8 Å². The largest absolute Gasteiger partial charge is 0.491 e. The third-order valence-corrected chi connectivity index (χ3v) is 2.36. The number of hydrogen-bond donors (Lipinski definition) is 1. The standard InChI is InChI=1S/C11H13ClF3NO2/c12-10-5-9(2-1-8(10)6-16)18-4-3-17-7-11(13,14)15/h1-2,5H,3-4,6-7,16H2. The van der Waals surface area contributed by atoms with Crippen LogP contribution in [0.3, 0.4) is 0 Å². The minimum absolute atomic E-state index is 0.0222. The molecule has 0 bridgehead atoms. The minimum atomic E-state index is -4.31. The first kappa shape index (κ1) is 15.1. The van der Waals surface area contributed by atoms with E-state index >= 15 is 0 Å². The van der Waals surface area contributed by atoms with Crippen LogP contribution in [0, 0.1) is 0 Å². The highest BCUT2D eigenvalue weighted by Gasteiger charge is 2.27. The molecule has 0 amide bonds. The molecule has 0 radical (unpaired) electrons. The Balaban J connectivity index is 2.29. The van der Waals surface area contributed by atoms with Crippen molar-refractivity contribution in [3.63, 3.8) is 0 Å². The molecule has 0 atom stereocenters. The van der Waals surface area contributed by atoms with Gasteiger partial charge in [-0.3, -0.25) is 0 Å². The van der Waals surface area contributed by atoms with Crippen molar-refractivity contribution in [2.24, 2.45) is 5.73 Å². The quantitative estimate of drug-likeness (QED) is 0.817. The molecule has 0 aliphatic rings. The van der Waals surface area contributed by atoms with Gasteiger partial charge in [0.2, 0.25) is 0 Å². The van der Waals surface area contributed by atoms with E-state index in [4.69, 9.17) is 22.1 Å². The minimum Gasteiger partial charge on any atom is -0.491 e. The van der Waals surface area contributed by atoms with E-state index in [-0.39, 0.29) is 13.2 Å². The van der Waals surface area contributed by atoms with Gasteiger partial charge in [0.25, 0.3) is 0 Å². The van der Waals surface area contributed by atoms with Gasteiger partial charge in [0.1, 0.15) is 19.0 Å². The highest BCUT2D eigenvalue weighted by molar-refractivity contribution is 6.31. The molecule has 0 heterocycles. The van der Waals surface area contributed by atoms with Gasteiger partial charge < -0.3 is 15.2 Å². The van der Waals surface area contributed by atoms with Crippen LogP contribution in [0.1, 0.15) is 5.56 Å². The number of hydrogen-bond acceptors (Lipinski definition) is 3. The smallest absolute Gasteiger partial charge is 0.411 e. The zero-order valence-electron chi connectivity index (χ0n) is 9.47. The van der Waals surface area contributed by atoms with Crippen LogP contribution in [0.2, 0.25) is 5.02 Å². The fourth-order valence-corrected chi connectivity index (χ4v) is 1.44. The van der Waals surface area contributed by atoms with Gasteiger partial charge in [0.05, 0.1) is 6.61 Å². The second kappa shape index (κ2) is 6.82. The van der Waals surface area contributed by atoms with Crippen molar-refractivity contribution >= 4 is 11.6 Å². The average Bonchev–Trinajstić information content (AvgIpc) is 2.27. The molecular weight excluding hydrogens is 271 g/mol. The van der Waals surface area contributed by atoms with E-state index in [1.54, 1.807) is 18.2 Å². The molecule has 0 saturated carbocycles. The summed E-state index contributed by atoms with van der Waals surface area (Å²) in [7, 11) is 0. The molecule has 3 nitrogen and oxygen atoms in total. The lowest BCUT2D eigenvalue weighted by molar-refractivity contribution is -0.175. The maximum Gasteiger partial charge on any atom is 0.411 e. The van der Waals surface area contributed by atoms with Gasteiger partial charge >= 0.3 is 6.18 Å². The first-order valence-electron chi connectivity index (χ1n) is 5.18. The molecule has 0 unspecified atom stereocenters. The van der Waals surface area contributed by atoms with Crippen LogP contribution in [-0.2, 0) is 11.3 Å². The molecule has 1 rings (SSSR count). The zero-order valence-corrected chi connectivity index (χ0v) is 10.2. The van der Waals surface area contributed by atoms with Crippen molar-refractivity contribution < 1.29 is 22.6 Å². The molecule has 0 saturated heterocycles. The Hall–Kier alpha value is -0.980. The van der Waals surface area contributed by atoms with Crippen LogP contribution < -0.4 is 10.5 Å². The summed E-state index contributed by atoms with van der Waals surface area (Å²) in [6.07, 6.45) is -4.31. The monoisotopic (exact) mass is 283 g/mol. The highest BCUT2D eigenvalue weighted by atomic mass is 35.5. The van der Waals surface area contributed by atoms with Gasteiger partial charge in [0, 0.05) is 11.6 Å². The van der Waals surface area contributed by atoms with Gasteiger partial charge in [-0.15, -0.1) is 0 Å². The highest BCUT2D eigenvalue weighted by Crippen LogP contribution is 2.22. The lowest BCUT2D eigenvalue weighted by Gasteiger charge is -2.10. The molecule has 1 aromatic carbocycles. The van der Waals surface area contributed by atoms with Crippen LogP contribution in [0.25, 0.3) is 0 Å². The molecule has 0 aromatic heterocycles. The third kappa shape index (κ3) is 5.57.